The van der Waals surface area contributed by atoms with Gasteiger partial charge in [0.15, 0.2) is 5.03 Å². The molecule has 6 nitrogen and oxygen atoms in total. The molecule has 1 fully saturated rings. The first-order valence-electron chi connectivity index (χ1n) is 5.91. The van der Waals surface area contributed by atoms with Gasteiger partial charge in [0.2, 0.25) is 5.28 Å². The summed E-state index contributed by atoms with van der Waals surface area (Å²) in [7, 11) is -1.92. The third-order valence-corrected chi connectivity index (χ3v) is 4.65. The summed E-state index contributed by atoms with van der Waals surface area (Å²) < 4.78 is 28.0. The van der Waals surface area contributed by atoms with E-state index < -0.39 is 10.0 Å². The van der Waals surface area contributed by atoms with Crippen molar-refractivity contribution in [1.29, 1.82) is 0 Å². The van der Waals surface area contributed by atoms with Crippen molar-refractivity contribution in [2.75, 3.05) is 13.1 Å². The maximum Gasteiger partial charge on any atom is 0.259 e. The van der Waals surface area contributed by atoms with Crippen LogP contribution >= 0.6 is 11.6 Å². The Morgan fingerprint density at radius 2 is 2.39 bits per heavy atom. The number of halogens is 1. The van der Waals surface area contributed by atoms with Crippen LogP contribution in [-0.4, -0.2) is 37.1 Å². The summed E-state index contributed by atoms with van der Waals surface area (Å²) >= 11 is 5.73. The average molecular weight is 293 g/mol. The Kier molecular flexibility index (Phi) is 4.26. The minimum Gasteiger partial charge on any atom is -0.323 e. The molecular formula is C10H17ClN4O2S. The second-order valence-corrected chi connectivity index (χ2v) is 6.51. The predicted octanol–water partition coefficient (Wildman–Crippen LogP) is 0.494. The van der Waals surface area contributed by atoms with Crippen molar-refractivity contribution < 1.29 is 8.42 Å². The number of aromatic nitrogens is 2. The summed E-state index contributed by atoms with van der Waals surface area (Å²) in [5.41, 5.74) is 0. The quantitative estimate of drug-likeness (QED) is 0.847. The molecule has 1 unspecified atom stereocenters. The highest BCUT2D eigenvalue weighted by molar-refractivity contribution is 7.89. The summed E-state index contributed by atoms with van der Waals surface area (Å²) in [6.45, 7) is 1.33. The first-order chi connectivity index (χ1) is 8.49. The zero-order valence-electron chi connectivity index (χ0n) is 10.2. The Bertz CT molecular complexity index is 488. The molecule has 1 atom stereocenters. The van der Waals surface area contributed by atoms with Gasteiger partial charge in [0.05, 0.1) is 0 Å². The zero-order chi connectivity index (χ0) is 13.2. The number of sulfonamides is 1. The van der Waals surface area contributed by atoms with Crippen LogP contribution < -0.4 is 10.0 Å². The fraction of sp³-hybridized carbons (Fsp3) is 0.700. The van der Waals surface area contributed by atoms with Crippen molar-refractivity contribution in [3.63, 3.8) is 0 Å². The summed E-state index contributed by atoms with van der Waals surface area (Å²) in [6, 6.07) is 0.202. The van der Waals surface area contributed by atoms with E-state index in [2.05, 4.69) is 15.0 Å². The van der Waals surface area contributed by atoms with Crippen LogP contribution in [0.2, 0.25) is 5.28 Å². The number of nitrogens with one attached hydrogen (secondary N) is 2. The molecule has 1 aromatic rings. The Morgan fingerprint density at radius 3 is 2.94 bits per heavy atom. The highest BCUT2D eigenvalue weighted by Crippen LogP contribution is 2.12. The van der Waals surface area contributed by atoms with Gasteiger partial charge in [0.25, 0.3) is 10.0 Å². The molecule has 0 radical (unpaired) electrons. The van der Waals surface area contributed by atoms with Crippen molar-refractivity contribution in [2.24, 2.45) is 7.05 Å². The van der Waals surface area contributed by atoms with Crippen LogP contribution in [-0.2, 0) is 17.1 Å². The molecule has 0 spiro atoms. The summed E-state index contributed by atoms with van der Waals surface area (Å²) in [5.74, 6) is 0. The second kappa shape index (κ2) is 5.56. The van der Waals surface area contributed by atoms with Crippen LogP contribution in [0.25, 0.3) is 0 Å². The molecule has 2 rings (SSSR count). The van der Waals surface area contributed by atoms with E-state index in [1.54, 1.807) is 7.05 Å². The Morgan fingerprint density at radius 1 is 1.61 bits per heavy atom. The van der Waals surface area contributed by atoms with Crippen molar-refractivity contribution in [3.8, 4) is 0 Å². The molecule has 0 saturated carbocycles. The largest absolute Gasteiger partial charge is 0.323 e. The molecule has 1 saturated heterocycles. The van der Waals surface area contributed by atoms with Crippen LogP contribution in [0.3, 0.4) is 0 Å². The average Bonchev–Trinajstić information content (AvgIpc) is 2.70. The van der Waals surface area contributed by atoms with Crippen LogP contribution in [0, 0.1) is 0 Å². The predicted molar refractivity (Wildman–Crippen MR) is 69.0 cm³/mol. The number of aryl methyl sites for hydroxylation is 1. The van der Waals surface area contributed by atoms with Gasteiger partial charge >= 0.3 is 0 Å². The Labute approximate surface area is 112 Å². The molecule has 2 heterocycles. The minimum atomic E-state index is -3.57. The number of hydrogen-bond donors (Lipinski definition) is 2. The van der Waals surface area contributed by atoms with E-state index in [-0.39, 0.29) is 16.4 Å². The van der Waals surface area contributed by atoms with Crippen molar-refractivity contribution in [3.05, 3.63) is 11.5 Å². The molecule has 18 heavy (non-hydrogen) atoms. The highest BCUT2D eigenvalue weighted by atomic mass is 35.5. The molecular weight excluding hydrogens is 276 g/mol. The van der Waals surface area contributed by atoms with E-state index in [9.17, 15) is 8.42 Å². The summed E-state index contributed by atoms with van der Waals surface area (Å²) in [4.78, 5) is 3.80. The molecule has 8 heteroatoms. The number of rotatable bonds is 4. The topological polar surface area (TPSA) is 76.0 Å². The monoisotopic (exact) mass is 292 g/mol. The minimum absolute atomic E-state index is 0.0363. The molecule has 1 aliphatic rings. The lowest BCUT2D eigenvalue weighted by molar-refractivity contribution is 0.398. The van der Waals surface area contributed by atoms with Gasteiger partial charge in [-0.25, -0.2) is 18.1 Å². The Balaban J connectivity index is 1.98. The summed E-state index contributed by atoms with van der Waals surface area (Å²) in [6.07, 6.45) is 4.68. The molecule has 2 N–H and O–H groups in total. The van der Waals surface area contributed by atoms with Crippen LogP contribution in [0.4, 0.5) is 0 Å². The Hall–Kier alpha value is -0.630. The number of piperidine rings is 1. The van der Waals surface area contributed by atoms with Gasteiger partial charge in [-0.05, 0) is 31.0 Å². The standard InChI is InChI=1S/C10H17ClN4O2S/c1-15-7-9(14-10(15)11)18(16,17)13-6-8-4-2-3-5-12-8/h7-8,12-13H,2-6H2,1H3. The zero-order valence-corrected chi connectivity index (χ0v) is 11.8. The lowest BCUT2D eigenvalue weighted by atomic mass is 10.1. The third-order valence-electron chi connectivity index (χ3n) is 3.01. The van der Waals surface area contributed by atoms with Crippen molar-refractivity contribution >= 4 is 21.6 Å². The van der Waals surface area contributed by atoms with E-state index in [1.807, 2.05) is 0 Å². The van der Waals surface area contributed by atoms with Crippen molar-refractivity contribution in [2.45, 2.75) is 30.3 Å². The van der Waals surface area contributed by atoms with E-state index in [4.69, 9.17) is 11.6 Å². The first-order valence-corrected chi connectivity index (χ1v) is 7.77. The maximum absolute atomic E-state index is 12.0. The maximum atomic E-state index is 12.0. The molecule has 1 aromatic heterocycles. The van der Waals surface area contributed by atoms with Crippen LogP contribution in [0.5, 0.6) is 0 Å². The van der Waals surface area contributed by atoms with Gasteiger partial charge in [-0.2, -0.15) is 0 Å². The first kappa shape index (κ1) is 13.8. The summed E-state index contributed by atoms with van der Waals surface area (Å²) in [5, 5.41) is 3.40. The van der Waals surface area contributed by atoms with Crippen molar-refractivity contribution in [1.82, 2.24) is 19.6 Å². The fourth-order valence-electron chi connectivity index (χ4n) is 1.93. The van der Waals surface area contributed by atoms with Gasteiger partial charge in [-0.3, -0.25) is 0 Å². The van der Waals surface area contributed by atoms with E-state index >= 15 is 0 Å². The molecule has 0 aliphatic carbocycles. The van der Waals surface area contributed by atoms with E-state index in [1.165, 1.54) is 10.8 Å². The molecule has 0 aromatic carbocycles. The molecule has 1 aliphatic heterocycles. The SMILES string of the molecule is Cn1cc(S(=O)(=O)NCC2CCCCN2)nc1Cl. The van der Waals surface area contributed by atoms with Gasteiger partial charge in [0.1, 0.15) is 0 Å². The third kappa shape index (κ3) is 3.23. The van der Waals surface area contributed by atoms with Crippen LogP contribution in [0.1, 0.15) is 19.3 Å². The molecule has 0 bridgehead atoms. The van der Waals surface area contributed by atoms with Gasteiger partial charge in [0, 0.05) is 25.8 Å². The van der Waals surface area contributed by atoms with E-state index in [0.717, 1.165) is 25.8 Å². The number of nitrogens with zero attached hydrogens (tertiary/aromatic N) is 2. The highest BCUT2D eigenvalue weighted by Gasteiger charge is 2.21. The fourth-order valence-corrected chi connectivity index (χ4v) is 3.19. The second-order valence-electron chi connectivity index (χ2n) is 4.46. The number of hydrogen-bond acceptors (Lipinski definition) is 4. The smallest absolute Gasteiger partial charge is 0.259 e. The van der Waals surface area contributed by atoms with E-state index in [0.29, 0.717) is 6.54 Å². The van der Waals surface area contributed by atoms with Crippen LogP contribution in [0.15, 0.2) is 11.2 Å². The lowest BCUT2D eigenvalue weighted by Gasteiger charge is -2.23. The van der Waals surface area contributed by atoms with Gasteiger partial charge < -0.3 is 9.88 Å². The lowest BCUT2D eigenvalue weighted by Crippen LogP contribution is -2.43. The normalized spacial score (nSPS) is 21.1. The van der Waals surface area contributed by atoms with Gasteiger partial charge in [-0.1, -0.05) is 6.42 Å². The molecule has 102 valence electrons. The van der Waals surface area contributed by atoms with Gasteiger partial charge in [-0.15, -0.1) is 0 Å². The molecule has 0 amide bonds. The number of imidazole rings is 1.